The zero-order chi connectivity index (χ0) is 19.0. The summed E-state index contributed by atoms with van der Waals surface area (Å²) in [5.74, 6) is -0.156. The van der Waals surface area contributed by atoms with E-state index in [0.29, 0.717) is 0 Å². The van der Waals surface area contributed by atoms with Crippen molar-refractivity contribution >= 4 is 32.8 Å². The number of nitrogens with two attached hydrogens (primary N) is 1. The molecule has 0 spiro atoms. The monoisotopic (exact) mass is 377 g/mol. The number of nitrogens with zero attached hydrogens (tertiary/aromatic N) is 2. The van der Waals surface area contributed by atoms with Gasteiger partial charge in [-0.15, -0.1) is 5.06 Å². The second-order valence-electron chi connectivity index (χ2n) is 6.13. The highest BCUT2D eigenvalue weighted by atomic mass is 32.1. The molecular formula is C15H18F3N3O3S. The Kier molecular flexibility index (Phi) is 5.03. The van der Waals surface area contributed by atoms with Gasteiger partial charge in [-0.1, -0.05) is 11.3 Å². The average molecular weight is 377 g/mol. The maximum Gasteiger partial charge on any atom is 0.443 e. The van der Waals surface area contributed by atoms with Crippen molar-refractivity contribution in [2.75, 3.05) is 12.3 Å². The van der Waals surface area contributed by atoms with Crippen molar-refractivity contribution in [3.63, 3.8) is 0 Å². The van der Waals surface area contributed by atoms with Gasteiger partial charge in [-0.2, -0.15) is 13.2 Å². The van der Waals surface area contributed by atoms with E-state index in [4.69, 9.17) is 15.3 Å². The number of carbonyl (C=O) groups excluding carboxylic acids is 1. The van der Waals surface area contributed by atoms with Crippen molar-refractivity contribution < 1.29 is 27.5 Å². The highest BCUT2D eigenvalue weighted by Gasteiger charge is 2.35. The quantitative estimate of drug-likeness (QED) is 0.800. The molecule has 1 aromatic carbocycles. The lowest BCUT2D eigenvalue weighted by Gasteiger charge is -2.26. The summed E-state index contributed by atoms with van der Waals surface area (Å²) >= 11 is 0.902. The molecule has 2 N–H and O–H groups in total. The van der Waals surface area contributed by atoms with Crippen LogP contribution in [0.2, 0.25) is 0 Å². The number of aromatic nitrogens is 1. The molecule has 0 saturated heterocycles. The minimum absolute atomic E-state index is 0.0112. The van der Waals surface area contributed by atoms with Crippen molar-refractivity contribution in [2.45, 2.75) is 39.5 Å². The zero-order valence-electron chi connectivity index (χ0n) is 14.1. The van der Waals surface area contributed by atoms with Gasteiger partial charge in [-0.25, -0.2) is 9.78 Å². The summed E-state index contributed by atoms with van der Waals surface area (Å²) in [7, 11) is 0. The molecule has 0 aliphatic heterocycles. The van der Waals surface area contributed by atoms with E-state index in [0.717, 1.165) is 22.5 Å². The van der Waals surface area contributed by atoms with E-state index in [9.17, 15) is 18.0 Å². The first kappa shape index (κ1) is 19.1. The van der Waals surface area contributed by atoms with E-state index in [1.54, 1.807) is 27.7 Å². The third-order valence-electron chi connectivity index (χ3n) is 2.89. The fourth-order valence-corrected chi connectivity index (χ4v) is 2.75. The number of nitrogen functional groups attached to an aromatic ring is 1. The molecule has 0 saturated carbocycles. The summed E-state index contributed by atoms with van der Waals surface area (Å²) in [5.41, 5.74) is 3.52. The van der Waals surface area contributed by atoms with Gasteiger partial charge in [0, 0.05) is 6.07 Å². The fraction of sp³-hybridized carbons (Fsp3) is 0.467. The van der Waals surface area contributed by atoms with E-state index < -0.39 is 23.4 Å². The molecule has 0 aliphatic carbocycles. The Morgan fingerprint density at radius 1 is 1.32 bits per heavy atom. The summed E-state index contributed by atoms with van der Waals surface area (Å²) in [6, 6.07) is 2.14. The number of fused-ring (bicyclic) bond motifs is 1. The Bertz CT molecular complexity index is 784. The van der Waals surface area contributed by atoms with Crippen molar-refractivity contribution in [2.24, 2.45) is 0 Å². The van der Waals surface area contributed by atoms with Crippen LogP contribution < -0.4 is 10.6 Å². The molecule has 0 unspecified atom stereocenters. The van der Waals surface area contributed by atoms with Crippen LogP contribution >= 0.6 is 11.3 Å². The predicted octanol–water partition coefficient (Wildman–Crippen LogP) is 4.45. The number of anilines is 1. The summed E-state index contributed by atoms with van der Waals surface area (Å²) in [6.07, 6.45) is -5.44. The van der Waals surface area contributed by atoms with Gasteiger partial charge in [-0.3, -0.25) is 0 Å². The number of ether oxygens (including phenoxy) is 1. The second-order valence-corrected chi connectivity index (χ2v) is 7.20. The number of benzene rings is 1. The Morgan fingerprint density at radius 3 is 2.48 bits per heavy atom. The van der Waals surface area contributed by atoms with Gasteiger partial charge in [0.1, 0.15) is 5.60 Å². The number of hydrogen-bond donors (Lipinski definition) is 1. The zero-order valence-corrected chi connectivity index (χ0v) is 14.9. The fourth-order valence-electron chi connectivity index (χ4n) is 1.96. The summed E-state index contributed by atoms with van der Waals surface area (Å²) in [5, 5.41) is 0.855. The van der Waals surface area contributed by atoms with Crippen LogP contribution in [0.3, 0.4) is 0 Å². The molecule has 1 amide bonds. The third kappa shape index (κ3) is 4.65. The van der Waals surface area contributed by atoms with Gasteiger partial charge in [0.25, 0.3) is 0 Å². The minimum atomic E-state index is -4.64. The van der Waals surface area contributed by atoms with Gasteiger partial charge in [0.2, 0.25) is 0 Å². The van der Waals surface area contributed by atoms with Crippen LogP contribution in [0.4, 0.5) is 23.1 Å². The molecule has 0 bridgehead atoms. The van der Waals surface area contributed by atoms with E-state index in [-0.39, 0.29) is 27.6 Å². The molecule has 0 radical (unpaired) electrons. The third-order valence-corrected chi connectivity index (χ3v) is 3.72. The van der Waals surface area contributed by atoms with Crippen LogP contribution in [-0.2, 0) is 10.9 Å². The van der Waals surface area contributed by atoms with Crippen LogP contribution in [0, 0.1) is 0 Å². The second kappa shape index (κ2) is 6.58. The number of rotatable bonds is 3. The van der Waals surface area contributed by atoms with Gasteiger partial charge in [0.05, 0.1) is 22.3 Å². The Balaban J connectivity index is 2.38. The van der Waals surface area contributed by atoms with E-state index in [1.807, 2.05) is 0 Å². The smallest absolute Gasteiger partial charge is 0.442 e. The standard InChI is InChI=1S/C15H18F3N3O3S/c1-5-21(13(22)23-14(2,3)4)24-8-6-9(15(16,17)18)11-10(7-8)25-12(19)20-11/h6-7H,5H2,1-4H3,(H2,19,20). The molecule has 0 aliphatic rings. The lowest BCUT2D eigenvalue weighted by molar-refractivity contribution is -0.136. The van der Waals surface area contributed by atoms with Crippen molar-refractivity contribution in [3.8, 4) is 5.75 Å². The molecule has 1 heterocycles. The SMILES string of the molecule is CCN(Oc1cc(C(F)(F)F)c2nc(N)sc2c1)C(=O)OC(C)(C)C. The number of carbonyl (C=O) groups is 1. The largest absolute Gasteiger partial charge is 0.443 e. The summed E-state index contributed by atoms with van der Waals surface area (Å²) in [6.45, 7) is 6.71. The number of hydrogen-bond acceptors (Lipinski definition) is 6. The lowest BCUT2D eigenvalue weighted by atomic mass is 10.2. The molecule has 1 aromatic heterocycles. The first-order valence-corrected chi connectivity index (χ1v) is 8.18. The van der Waals surface area contributed by atoms with Crippen molar-refractivity contribution in [1.29, 1.82) is 0 Å². The molecule has 0 fully saturated rings. The molecule has 25 heavy (non-hydrogen) atoms. The maximum atomic E-state index is 13.3. The summed E-state index contributed by atoms with van der Waals surface area (Å²) in [4.78, 5) is 21.1. The van der Waals surface area contributed by atoms with Crippen LogP contribution in [0.1, 0.15) is 33.3 Å². The van der Waals surface area contributed by atoms with Gasteiger partial charge < -0.3 is 15.3 Å². The van der Waals surface area contributed by atoms with Crippen molar-refractivity contribution in [3.05, 3.63) is 17.7 Å². The van der Waals surface area contributed by atoms with E-state index >= 15 is 0 Å². The highest BCUT2D eigenvalue weighted by Crippen LogP contribution is 2.40. The number of thiazole rings is 1. The highest BCUT2D eigenvalue weighted by molar-refractivity contribution is 7.22. The van der Waals surface area contributed by atoms with E-state index in [1.165, 1.54) is 6.07 Å². The normalized spacial score (nSPS) is 12.3. The van der Waals surface area contributed by atoms with Gasteiger partial charge in [-0.05, 0) is 33.8 Å². The minimum Gasteiger partial charge on any atom is -0.442 e. The van der Waals surface area contributed by atoms with Crippen LogP contribution in [0.15, 0.2) is 12.1 Å². The molecule has 2 rings (SSSR count). The predicted molar refractivity (Wildman–Crippen MR) is 88.3 cm³/mol. The van der Waals surface area contributed by atoms with Gasteiger partial charge in [0.15, 0.2) is 10.9 Å². The van der Waals surface area contributed by atoms with Gasteiger partial charge >= 0.3 is 12.3 Å². The van der Waals surface area contributed by atoms with Crippen molar-refractivity contribution in [1.82, 2.24) is 10.0 Å². The Labute approximate surface area is 146 Å². The first-order chi connectivity index (χ1) is 11.4. The van der Waals surface area contributed by atoms with Crippen LogP contribution in [-0.4, -0.2) is 28.3 Å². The van der Waals surface area contributed by atoms with Crippen LogP contribution in [0.25, 0.3) is 10.2 Å². The Hall–Kier alpha value is -2.23. The number of amides is 1. The molecular weight excluding hydrogens is 359 g/mol. The Morgan fingerprint density at radius 2 is 1.96 bits per heavy atom. The maximum absolute atomic E-state index is 13.3. The van der Waals surface area contributed by atoms with Crippen LogP contribution in [0.5, 0.6) is 5.75 Å². The first-order valence-electron chi connectivity index (χ1n) is 7.36. The molecule has 10 heteroatoms. The number of hydroxylamine groups is 2. The number of halogens is 3. The summed E-state index contributed by atoms with van der Waals surface area (Å²) < 4.78 is 45.2. The molecule has 138 valence electrons. The topological polar surface area (TPSA) is 77.7 Å². The molecule has 2 aromatic rings. The number of alkyl halides is 3. The van der Waals surface area contributed by atoms with E-state index in [2.05, 4.69) is 4.98 Å². The lowest BCUT2D eigenvalue weighted by Crippen LogP contribution is -2.38. The molecule has 6 nitrogen and oxygen atoms in total. The average Bonchev–Trinajstić information content (AvgIpc) is 2.80. The molecule has 0 atom stereocenters.